The number of alkyl halides is 2. The standard InChI is InChI=1S/C31H37F2N3O2/c1-31(32,33)23-9-5-8-22(16-23)30(38)35-15-14-24(17-35)34-29(37)28-26-18-36(19-27(26)28)25-12-10-21(11-13-25)20-6-3-2-4-7-20/h2-9,16,21,24-28H,10-15,17-19H2,1H3,(H,34,37)/t21?,24-,25?,26-,27+,28?/m0/s1. The van der Waals surface area contributed by atoms with Gasteiger partial charge in [-0.25, -0.2) is 8.78 Å². The van der Waals surface area contributed by atoms with Gasteiger partial charge in [-0.15, -0.1) is 0 Å². The van der Waals surface area contributed by atoms with E-state index in [1.54, 1.807) is 11.0 Å². The predicted molar refractivity (Wildman–Crippen MR) is 142 cm³/mol. The third-order valence-corrected chi connectivity index (χ3v) is 9.45. The third kappa shape index (κ3) is 5.09. The molecule has 4 atom stereocenters. The smallest absolute Gasteiger partial charge is 0.270 e. The summed E-state index contributed by atoms with van der Waals surface area (Å²) >= 11 is 0. The van der Waals surface area contributed by atoms with Gasteiger partial charge in [0.1, 0.15) is 0 Å². The van der Waals surface area contributed by atoms with Crippen LogP contribution in [0.5, 0.6) is 0 Å². The van der Waals surface area contributed by atoms with E-state index in [9.17, 15) is 18.4 Å². The number of benzene rings is 2. The molecule has 0 aromatic heterocycles. The Morgan fingerprint density at radius 3 is 2.29 bits per heavy atom. The number of carbonyl (C=O) groups is 2. The number of nitrogens with zero attached hydrogens (tertiary/aromatic N) is 2. The van der Waals surface area contributed by atoms with Gasteiger partial charge in [0.15, 0.2) is 0 Å². The molecule has 202 valence electrons. The highest BCUT2D eigenvalue weighted by atomic mass is 19.3. The molecule has 2 amide bonds. The van der Waals surface area contributed by atoms with Crippen molar-refractivity contribution in [2.24, 2.45) is 17.8 Å². The Morgan fingerprint density at radius 2 is 1.61 bits per heavy atom. The van der Waals surface area contributed by atoms with Gasteiger partial charge in [0, 0.05) is 62.2 Å². The zero-order valence-corrected chi connectivity index (χ0v) is 22.0. The molecule has 4 fully saturated rings. The predicted octanol–water partition coefficient (Wildman–Crippen LogP) is 5.03. The van der Waals surface area contributed by atoms with Gasteiger partial charge in [-0.1, -0.05) is 42.5 Å². The number of nitrogens with one attached hydrogen (secondary N) is 1. The third-order valence-electron chi connectivity index (χ3n) is 9.45. The number of carbonyl (C=O) groups excluding carboxylic acids is 2. The van der Waals surface area contributed by atoms with Crippen molar-refractivity contribution >= 4 is 11.8 Å². The number of rotatable bonds is 6. The van der Waals surface area contributed by atoms with Gasteiger partial charge >= 0.3 is 0 Å². The summed E-state index contributed by atoms with van der Waals surface area (Å²) in [7, 11) is 0. The minimum absolute atomic E-state index is 0.0760. The highest BCUT2D eigenvalue weighted by Crippen LogP contribution is 2.53. The molecule has 4 aliphatic rings. The second-order valence-electron chi connectivity index (χ2n) is 11.9. The first-order valence-corrected chi connectivity index (χ1v) is 14.1. The van der Waals surface area contributed by atoms with Crippen LogP contribution in [-0.4, -0.2) is 59.9 Å². The first-order valence-electron chi connectivity index (χ1n) is 14.1. The van der Waals surface area contributed by atoms with Crippen molar-refractivity contribution < 1.29 is 18.4 Å². The van der Waals surface area contributed by atoms with E-state index in [1.165, 1.54) is 49.4 Å². The summed E-state index contributed by atoms with van der Waals surface area (Å²) in [5, 5.41) is 3.19. The van der Waals surface area contributed by atoms with E-state index in [0.29, 0.717) is 43.3 Å². The number of hydrogen-bond donors (Lipinski definition) is 1. The maximum absolute atomic E-state index is 13.7. The van der Waals surface area contributed by atoms with Gasteiger partial charge < -0.3 is 10.2 Å². The fourth-order valence-corrected chi connectivity index (χ4v) is 7.21. The monoisotopic (exact) mass is 521 g/mol. The molecule has 7 heteroatoms. The van der Waals surface area contributed by atoms with Crippen LogP contribution in [0.15, 0.2) is 54.6 Å². The van der Waals surface area contributed by atoms with Gasteiger partial charge in [0.2, 0.25) is 5.91 Å². The van der Waals surface area contributed by atoms with Crippen LogP contribution < -0.4 is 5.32 Å². The van der Waals surface area contributed by atoms with E-state index in [1.807, 2.05) is 0 Å². The van der Waals surface area contributed by atoms with Crippen LogP contribution in [0.4, 0.5) is 8.78 Å². The Hall–Kier alpha value is -2.80. The molecule has 2 aromatic rings. The van der Waals surface area contributed by atoms with E-state index in [2.05, 4.69) is 40.5 Å². The molecule has 2 aliphatic carbocycles. The summed E-state index contributed by atoms with van der Waals surface area (Å²) in [4.78, 5) is 30.3. The average Bonchev–Trinajstić information content (AvgIpc) is 3.22. The summed E-state index contributed by atoms with van der Waals surface area (Å²) in [6.45, 7) is 3.83. The number of halogens is 2. The number of amides is 2. The van der Waals surface area contributed by atoms with Gasteiger partial charge in [0.05, 0.1) is 0 Å². The van der Waals surface area contributed by atoms with Crippen LogP contribution in [0.1, 0.15) is 66.4 Å². The zero-order valence-electron chi connectivity index (χ0n) is 22.0. The molecule has 0 bridgehead atoms. The second kappa shape index (κ2) is 10.1. The molecule has 2 heterocycles. The summed E-state index contributed by atoms with van der Waals surface area (Å²) in [5.74, 6) is -1.43. The lowest BCUT2D eigenvalue weighted by Crippen LogP contribution is -2.42. The van der Waals surface area contributed by atoms with Crippen molar-refractivity contribution in [2.45, 2.75) is 63.0 Å². The van der Waals surface area contributed by atoms with Crippen LogP contribution in [0.3, 0.4) is 0 Å². The first-order chi connectivity index (χ1) is 18.3. The molecule has 2 saturated carbocycles. The van der Waals surface area contributed by atoms with Crippen molar-refractivity contribution in [1.29, 1.82) is 0 Å². The number of fused-ring (bicyclic) bond motifs is 1. The fourth-order valence-electron chi connectivity index (χ4n) is 7.21. The average molecular weight is 522 g/mol. The molecule has 2 aromatic carbocycles. The number of piperidine rings is 1. The van der Waals surface area contributed by atoms with Crippen LogP contribution in [0, 0.1) is 17.8 Å². The molecule has 0 spiro atoms. The summed E-state index contributed by atoms with van der Waals surface area (Å²) in [5.41, 5.74) is 1.58. The van der Waals surface area contributed by atoms with Crippen LogP contribution in [0.25, 0.3) is 0 Å². The fraction of sp³-hybridized carbons (Fsp3) is 0.548. The molecule has 38 heavy (non-hydrogen) atoms. The lowest BCUT2D eigenvalue weighted by molar-refractivity contribution is -0.124. The second-order valence-corrected chi connectivity index (χ2v) is 11.9. The Labute approximate surface area is 223 Å². The summed E-state index contributed by atoms with van der Waals surface area (Å²) in [6, 6.07) is 17.1. The van der Waals surface area contributed by atoms with E-state index < -0.39 is 5.92 Å². The van der Waals surface area contributed by atoms with Crippen molar-refractivity contribution in [3.05, 3.63) is 71.3 Å². The van der Waals surface area contributed by atoms with E-state index >= 15 is 0 Å². The zero-order chi connectivity index (χ0) is 26.4. The maximum Gasteiger partial charge on any atom is 0.270 e. The van der Waals surface area contributed by atoms with Gasteiger partial charge in [-0.2, -0.15) is 0 Å². The van der Waals surface area contributed by atoms with Crippen LogP contribution >= 0.6 is 0 Å². The van der Waals surface area contributed by atoms with Crippen molar-refractivity contribution in [1.82, 2.24) is 15.1 Å². The normalized spacial score (nSPS) is 31.2. The molecule has 0 radical (unpaired) electrons. The van der Waals surface area contributed by atoms with E-state index in [0.717, 1.165) is 20.0 Å². The first kappa shape index (κ1) is 25.5. The number of likely N-dealkylation sites (tertiary alicyclic amines) is 2. The molecule has 6 rings (SSSR count). The minimum Gasteiger partial charge on any atom is -0.351 e. The lowest BCUT2D eigenvalue weighted by Gasteiger charge is -2.36. The summed E-state index contributed by atoms with van der Waals surface area (Å²) in [6.07, 6.45) is 5.65. The quantitative estimate of drug-likeness (QED) is 0.580. The minimum atomic E-state index is -2.99. The molecular formula is C31H37F2N3O2. The van der Waals surface area contributed by atoms with Crippen LogP contribution in [0.2, 0.25) is 0 Å². The molecule has 2 saturated heterocycles. The molecule has 5 nitrogen and oxygen atoms in total. The molecular weight excluding hydrogens is 484 g/mol. The largest absolute Gasteiger partial charge is 0.351 e. The van der Waals surface area contributed by atoms with Gasteiger partial charge in [0.25, 0.3) is 11.8 Å². The Bertz CT molecular complexity index is 1160. The topological polar surface area (TPSA) is 52.7 Å². The molecule has 1 unspecified atom stereocenters. The lowest BCUT2D eigenvalue weighted by atomic mass is 9.81. The highest BCUT2D eigenvalue weighted by molar-refractivity contribution is 5.94. The summed E-state index contributed by atoms with van der Waals surface area (Å²) < 4.78 is 27.4. The Kier molecular flexibility index (Phi) is 6.75. The Balaban J connectivity index is 0.953. The molecule has 2 aliphatic heterocycles. The van der Waals surface area contributed by atoms with Crippen molar-refractivity contribution in [3.8, 4) is 0 Å². The van der Waals surface area contributed by atoms with Crippen LogP contribution in [-0.2, 0) is 10.7 Å². The van der Waals surface area contributed by atoms with Crippen molar-refractivity contribution in [2.75, 3.05) is 26.2 Å². The number of hydrogen-bond acceptors (Lipinski definition) is 3. The Morgan fingerprint density at radius 1 is 0.895 bits per heavy atom. The van der Waals surface area contributed by atoms with Gasteiger partial charge in [-0.05, 0) is 67.6 Å². The SMILES string of the molecule is CC(F)(F)c1cccc(C(=O)N2CC[C@H](NC(=O)C3[C@H]4CN(C5CCC(c6ccccc6)CC5)C[C@@H]34)C2)c1. The van der Waals surface area contributed by atoms with Gasteiger partial charge in [-0.3, -0.25) is 14.5 Å². The van der Waals surface area contributed by atoms with Crippen molar-refractivity contribution in [3.63, 3.8) is 0 Å². The van der Waals surface area contributed by atoms with E-state index in [4.69, 9.17) is 0 Å². The van der Waals surface area contributed by atoms with E-state index in [-0.39, 0.29) is 34.9 Å². The highest BCUT2D eigenvalue weighted by Gasteiger charge is 2.60. The molecule has 1 N–H and O–H groups in total. The maximum atomic E-state index is 13.7.